The zero-order chi connectivity index (χ0) is 12.1. The number of nitro groups is 1. The maximum Gasteiger partial charge on any atom is 0.274 e. The van der Waals surface area contributed by atoms with Crippen molar-refractivity contribution in [3.63, 3.8) is 0 Å². The molecule has 1 amide bonds. The Morgan fingerprint density at radius 2 is 2.19 bits per heavy atom. The van der Waals surface area contributed by atoms with Gasteiger partial charge in [0.2, 0.25) is 5.91 Å². The standard InChI is InChI=1S/C11H12N2O3/c1-3-4-11(14)12-9-6-5-8(2)10(7-9)13(15)16/h3-7H,1-2H3,(H,12,14). The van der Waals surface area contributed by atoms with Crippen molar-refractivity contribution in [1.82, 2.24) is 0 Å². The fraction of sp³-hybridized carbons (Fsp3) is 0.182. The Balaban J connectivity index is 2.95. The molecule has 0 saturated carbocycles. The van der Waals surface area contributed by atoms with Crippen LogP contribution in [0.3, 0.4) is 0 Å². The number of anilines is 1. The Morgan fingerprint density at radius 3 is 2.75 bits per heavy atom. The minimum atomic E-state index is -0.472. The predicted molar refractivity (Wildman–Crippen MR) is 61.3 cm³/mol. The van der Waals surface area contributed by atoms with Crippen LogP contribution in [0.4, 0.5) is 11.4 Å². The molecule has 1 rings (SSSR count). The maximum atomic E-state index is 11.2. The summed E-state index contributed by atoms with van der Waals surface area (Å²) in [6.45, 7) is 3.37. The van der Waals surface area contributed by atoms with Crippen molar-refractivity contribution in [3.8, 4) is 0 Å². The van der Waals surface area contributed by atoms with Crippen LogP contribution in [-0.2, 0) is 4.79 Å². The van der Waals surface area contributed by atoms with Crippen molar-refractivity contribution in [2.45, 2.75) is 13.8 Å². The van der Waals surface area contributed by atoms with Gasteiger partial charge in [-0.1, -0.05) is 12.1 Å². The van der Waals surface area contributed by atoms with Gasteiger partial charge < -0.3 is 5.32 Å². The lowest BCUT2D eigenvalue weighted by Gasteiger charge is -2.03. The monoisotopic (exact) mass is 220 g/mol. The summed E-state index contributed by atoms with van der Waals surface area (Å²) in [5.74, 6) is -0.305. The van der Waals surface area contributed by atoms with Crippen molar-refractivity contribution in [1.29, 1.82) is 0 Å². The van der Waals surface area contributed by atoms with Crippen LogP contribution in [0.25, 0.3) is 0 Å². The second-order valence-electron chi connectivity index (χ2n) is 3.25. The van der Waals surface area contributed by atoms with Crippen molar-refractivity contribution < 1.29 is 9.72 Å². The largest absolute Gasteiger partial charge is 0.322 e. The van der Waals surface area contributed by atoms with Crippen LogP contribution in [0.15, 0.2) is 30.4 Å². The van der Waals surface area contributed by atoms with Crippen LogP contribution in [-0.4, -0.2) is 10.8 Å². The molecule has 84 valence electrons. The van der Waals surface area contributed by atoms with Gasteiger partial charge in [-0.05, 0) is 26.0 Å². The summed E-state index contributed by atoms with van der Waals surface area (Å²) in [6.07, 6.45) is 2.95. The summed E-state index contributed by atoms with van der Waals surface area (Å²) in [5, 5.41) is 13.2. The molecule has 1 aromatic carbocycles. The van der Waals surface area contributed by atoms with E-state index in [1.807, 2.05) is 0 Å². The van der Waals surface area contributed by atoms with Crippen LogP contribution in [0.2, 0.25) is 0 Å². The van der Waals surface area contributed by atoms with Gasteiger partial charge >= 0.3 is 0 Å². The smallest absolute Gasteiger partial charge is 0.274 e. The second-order valence-corrected chi connectivity index (χ2v) is 3.25. The molecule has 5 nitrogen and oxygen atoms in total. The van der Waals surface area contributed by atoms with Gasteiger partial charge in [-0.3, -0.25) is 14.9 Å². The number of nitro benzene ring substituents is 1. The third-order valence-electron chi connectivity index (χ3n) is 1.99. The molecular weight excluding hydrogens is 208 g/mol. The van der Waals surface area contributed by atoms with E-state index in [-0.39, 0.29) is 11.6 Å². The highest BCUT2D eigenvalue weighted by atomic mass is 16.6. The highest BCUT2D eigenvalue weighted by Crippen LogP contribution is 2.22. The van der Waals surface area contributed by atoms with E-state index in [4.69, 9.17) is 0 Å². The summed E-state index contributed by atoms with van der Waals surface area (Å²) in [6, 6.07) is 4.57. The van der Waals surface area contributed by atoms with Crippen LogP contribution in [0.5, 0.6) is 0 Å². The molecule has 0 unspecified atom stereocenters. The van der Waals surface area contributed by atoms with E-state index in [1.165, 1.54) is 12.1 Å². The molecule has 1 N–H and O–H groups in total. The molecule has 0 aromatic heterocycles. The van der Waals surface area contributed by atoms with Crippen molar-refractivity contribution in [2.75, 3.05) is 5.32 Å². The number of hydrogen-bond acceptors (Lipinski definition) is 3. The lowest BCUT2D eigenvalue weighted by molar-refractivity contribution is -0.385. The number of allylic oxidation sites excluding steroid dienone is 1. The van der Waals surface area contributed by atoms with Crippen LogP contribution in [0, 0.1) is 17.0 Å². The molecule has 0 spiro atoms. The van der Waals surface area contributed by atoms with Gasteiger partial charge in [0.05, 0.1) is 4.92 Å². The van der Waals surface area contributed by atoms with E-state index in [0.29, 0.717) is 11.3 Å². The van der Waals surface area contributed by atoms with Gasteiger partial charge in [0.25, 0.3) is 5.69 Å². The minimum absolute atomic E-state index is 0.00159. The summed E-state index contributed by atoms with van der Waals surface area (Å²) in [5.41, 5.74) is 0.979. The molecule has 5 heteroatoms. The van der Waals surface area contributed by atoms with Gasteiger partial charge in [0.15, 0.2) is 0 Å². The molecule has 0 saturated heterocycles. The van der Waals surface area contributed by atoms with Crippen molar-refractivity contribution in [2.24, 2.45) is 0 Å². The van der Waals surface area contributed by atoms with Crippen LogP contribution < -0.4 is 5.32 Å². The zero-order valence-electron chi connectivity index (χ0n) is 9.06. The number of benzene rings is 1. The molecule has 0 radical (unpaired) electrons. The molecule has 0 fully saturated rings. The first kappa shape index (κ1) is 11.9. The van der Waals surface area contributed by atoms with E-state index in [9.17, 15) is 14.9 Å². The average Bonchev–Trinajstić information content (AvgIpc) is 2.21. The van der Waals surface area contributed by atoms with Gasteiger partial charge in [-0.25, -0.2) is 0 Å². The highest BCUT2D eigenvalue weighted by Gasteiger charge is 2.11. The average molecular weight is 220 g/mol. The number of amides is 1. The summed E-state index contributed by atoms with van der Waals surface area (Å²) in [7, 11) is 0. The first-order chi connectivity index (χ1) is 7.54. The van der Waals surface area contributed by atoms with Crippen LogP contribution >= 0.6 is 0 Å². The van der Waals surface area contributed by atoms with E-state index >= 15 is 0 Å². The molecule has 0 aliphatic rings. The fourth-order valence-corrected chi connectivity index (χ4v) is 1.22. The molecule has 0 aliphatic heterocycles. The first-order valence-corrected chi connectivity index (χ1v) is 4.73. The topological polar surface area (TPSA) is 72.2 Å². The third kappa shape index (κ3) is 2.91. The highest BCUT2D eigenvalue weighted by molar-refractivity contribution is 5.99. The number of carbonyl (C=O) groups excluding carboxylic acids is 1. The van der Waals surface area contributed by atoms with E-state index in [0.717, 1.165) is 0 Å². The Morgan fingerprint density at radius 1 is 1.50 bits per heavy atom. The first-order valence-electron chi connectivity index (χ1n) is 4.73. The third-order valence-corrected chi connectivity index (χ3v) is 1.99. The number of rotatable bonds is 3. The van der Waals surface area contributed by atoms with Crippen molar-refractivity contribution in [3.05, 3.63) is 46.0 Å². The number of aryl methyl sites for hydroxylation is 1. The number of hydrogen-bond donors (Lipinski definition) is 1. The summed E-state index contributed by atoms with van der Waals surface area (Å²) < 4.78 is 0. The maximum absolute atomic E-state index is 11.2. The lowest BCUT2D eigenvalue weighted by Crippen LogP contribution is -2.08. The Kier molecular flexibility index (Phi) is 3.77. The Labute approximate surface area is 92.9 Å². The number of nitrogens with one attached hydrogen (secondary N) is 1. The normalized spacial score (nSPS) is 10.4. The summed E-state index contributed by atoms with van der Waals surface area (Å²) >= 11 is 0. The lowest BCUT2D eigenvalue weighted by atomic mass is 10.2. The van der Waals surface area contributed by atoms with Gasteiger partial charge in [-0.15, -0.1) is 0 Å². The molecule has 0 atom stereocenters. The fourth-order valence-electron chi connectivity index (χ4n) is 1.22. The SMILES string of the molecule is CC=CC(=O)Nc1ccc(C)c([N+](=O)[O-])c1. The molecule has 0 heterocycles. The van der Waals surface area contributed by atoms with E-state index < -0.39 is 4.92 Å². The second kappa shape index (κ2) is 5.06. The Bertz CT molecular complexity index is 453. The van der Waals surface area contributed by atoms with E-state index in [1.54, 1.807) is 32.1 Å². The zero-order valence-corrected chi connectivity index (χ0v) is 9.06. The van der Waals surface area contributed by atoms with Gasteiger partial charge in [-0.2, -0.15) is 0 Å². The quantitative estimate of drug-likeness (QED) is 0.483. The van der Waals surface area contributed by atoms with Crippen molar-refractivity contribution >= 4 is 17.3 Å². The molecule has 0 aliphatic carbocycles. The minimum Gasteiger partial charge on any atom is -0.322 e. The summed E-state index contributed by atoms with van der Waals surface area (Å²) in [4.78, 5) is 21.4. The molecule has 0 bridgehead atoms. The van der Waals surface area contributed by atoms with E-state index in [2.05, 4.69) is 5.32 Å². The Hall–Kier alpha value is -2.17. The predicted octanol–water partition coefficient (Wildman–Crippen LogP) is 2.42. The molecular formula is C11H12N2O3. The van der Waals surface area contributed by atoms with Crippen LogP contribution in [0.1, 0.15) is 12.5 Å². The number of carbonyl (C=O) groups is 1. The number of nitrogens with zero attached hydrogens (tertiary/aromatic N) is 1. The molecule has 1 aromatic rings. The van der Waals surface area contributed by atoms with Gasteiger partial charge in [0, 0.05) is 17.3 Å². The van der Waals surface area contributed by atoms with Gasteiger partial charge in [0.1, 0.15) is 0 Å². The molecule has 16 heavy (non-hydrogen) atoms.